The second kappa shape index (κ2) is 11.7. The molecule has 3 aromatic rings. The quantitative estimate of drug-likeness (QED) is 0.202. The number of imide groups is 1. The minimum Gasteiger partial charge on any atom is -0.487 e. The summed E-state index contributed by atoms with van der Waals surface area (Å²) >= 11 is 4.22. The zero-order valence-electron chi connectivity index (χ0n) is 18.9. The summed E-state index contributed by atoms with van der Waals surface area (Å²) < 4.78 is 21.3. The lowest BCUT2D eigenvalue weighted by Gasteiger charge is -2.13. The molecule has 4 rings (SSSR count). The Bertz CT molecular complexity index is 1460. The number of carbonyl (C=O) groups is 3. The summed E-state index contributed by atoms with van der Waals surface area (Å²) in [6, 6.07) is 17.7. The van der Waals surface area contributed by atoms with E-state index >= 15 is 0 Å². The molecule has 0 aromatic heterocycles. The van der Waals surface area contributed by atoms with Crippen LogP contribution in [0.25, 0.3) is 6.08 Å². The fourth-order valence-corrected chi connectivity index (χ4v) is 5.61. The van der Waals surface area contributed by atoms with Crippen LogP contribution < -0.4 is 15.4 Å². The van der Waals surface area contributed by atoms with Gasteiger partial charge < -0.3 is 15.4 Å². The molecule has 0 saturated carbocycles. The van der Waals surface area contributed by atoms with Gasteiger partial charge in [0, 0.05) is 5.56 Å². The molecule has 1 heterocycles. The Kier molecular flexibility index (Phi) is 8.39. The van der Waals surface area contributed by atoms with Gasteiger partial charge in [0.25, 0.3) is 5.91 Å². The van der Waals surface area contributed by atoms with Gasteiger partial charge in [-0.2, -0.15) is 5.26 Å². The molecule has 3 aromatic carbocycles. The Labute approximate surface area is 238 Å². The lowest BCUT2D eigenvalue weighted by molar-refractivity contribution is -0.127. The fraction of sp³-hybridized carbons (Fsp3) is 0.0769. The zero-order chi connectivity index (χ0) is 26.5. The highest BCUT2D eigenvalue weighted by Gasteiger charge is 2.35. The number of anilines is 1. The van der Waals surface area contributed by atoms with Crippen LogP contribution in [0.2, 0.25) is 0 Å². The number of hydrogen-bond acceptors (Lipinski definition) is 5. The first kappa shape index (κ1) is 26.6. The van der Waals surface area contributed by atoms with Crippen LogP contribution in [0.3, 0.4) is 0 Å². The van der Waals surface area contributed by atoms with Gasteiger partial charge in [-0.05, 0) is 87.2 Å². The van der Waals surface area contributed by atoms with Gasteiger partial charge >= 0.3 is 6.03 Å². The molecule has 8 nitrogen and oxygen atoms in total. The fourth-order valence-electron chi connectivity index (χ4n) is 3.48. The van der Waals surface area contributed by atoms with Crippen LogP contribution >= 0.6 is 45.2 Å². The molecule has 37 heavy (non-hydrogen) atoms. The van der Waals surface area contributed by atoms with E-state index in [0.29, 0.717) is 16.9 Å². The number of carbonyl (C=O) groups excluding carboxylic acids is 3. The van der Waals surface area contributed by atoms with Gasteiger partial charge in [-0.25, -0.2) is 14.1 Å². The van der Waals surface area contributed by atoms with Crippen LogP contribution in [0.5, 0.6) is 5.75 Å². The SMILES string of the molecule is N#Cc1ccccc1COc1c(I)cc(/C=C2/NC(=O)N(CC(=O)Nc3ccccc3F)C2=O)cc1I. The number of halogens is 3. The van der Waals surface area contributed by atoms with E-state index in [9.17, 15) is 24.0 Å². The molecule has 0 radical (unpaired) electrons. The summed E-state index contributed by atoms with van der Waals surface area (Å²) in [5.74, 6) is -1.38. The van der Waals surface area contributed by atoms with E-state index in [-0.39, 0.29) is 18.0 Å². The van der Waals surface area contributed by atoms with E-state index in [0.717, 1.165) is 17.6 Å². The second-order valence-electron chi connectivity index (χ2n) is 7.78. The molecule has 1 saturated heterocycles. The Morgan fingerprint density at radius 2 is 1.78 bits per heavy atom. The lowest BCUT2D eigenvalue weighted by atomic mass is 10.1. The van der Waals surface area contributed by atoms with Gasteiger partial charge in [0.05, 0.1) is 24.5 Å². The molecular weight excluding hydrogens is 705 g/mol. The van der Waals surface area contributed by atoms with Crippen molar-refractivity contribution in [2.24, 2.45) is 0 Å². The predicted octanol–water partition coefficient (Wildman–Crippen LogP) is 5.02. The van der Waals surface area contributed by atoms with E-state index in [1.807, 2.05) is 12.1 Å². The summed E-state index contributed by atoms with van der Waals surface area (Å²) in [4.78, 5) is 38.2. The highest BCUT2D eigenvalue weighted by molar-refractivity contribution is 14.1. The molecule has 0 bridgehead atoms. The summed E-state index contributed by atoms with van der Waals surface area (Å²) in [7, 11) is 0. The van der Waals surface area contributed by atoms with Gasteiger partial charge in [-0.1, -0.05) is 30.3 Å². The average Bonchev–Trinajstić information content (AvgIpc) is 3.12. The van der Waals surface area contributed by atoms with Crippen molar-refractivity contribution in [2.45, 2.75) is 6.61 Å². The second-order valence-corrected chi connectivity index (χ2v) is 10.1. The van der Waals surface area contributed by atoms with E-state index in [2.05, 4.69) is 61.9 Å². The maximum Gasteiger partial charge on any atom is 0.329 e. The average molecular weight is 722 g/mol. The number of nitriles is 1. The van der Waals surface area contributed by atoms with Crippen LogP contribution in [0.1, 0.15) is 16.7 Å². The highest BCUT2D eigenvalue weighted by atomic mass is 127. The van der Waals surface area contributed by atoms with Gasteiger partial charge in [-0.3, -0.25) is 9.59 Å². The van der Waals surface area contributed by atoms with Crippen LogP contribution in [0, 0.1) is 24.3 Å². The maximum atomic E-state index is 13.8. The Balaban J connectivity index is 1.46. The van der Waals surface area contributed by atoms with Crippen LogP contribution in [0.4, 0.5) is 14.9 Å². The van der Waals surface area contributed by atoms with Gasteiger partial charge in [0.2, 0.25) is 5.91 Å². The lowest BCUT2D eigenvalue weighted by Crippen LogP contribution is -2.38. The standard InChI is InChI=1S/C26H17FI2N4O4/c27-18-7-3-4-8-21(18)31-23(34)13-33-25(35)22(32-26(33)36)11-15-9-19(28)24(20(29)10-15)37-14-17-6-2-1-5-16(17)12-30/h1-11H,13-14H2,(H,31,34)(H,32,36)/b22-11+. The van der Waals surface area contributed by atoms with Crippen molar-refractivity contribution in [3.8, 4) is 11.8 Å². The first-order valence-electron chi connectivity index (χ1n) is 10.8. The molecule has 0 unspecified atom stereocenters. The summed E-state index contributed by atoms with van der Waals surface area (Å²) in [6.45, 7) is -0.350. The number of nitrogens with zero attached hydrogens (tertiary/aromatic N) is 2. The Morgan fingerprint density at radius 1 is 1.11 bits per heavy atom. The molecular formula is C26H17FI2N4O4. The van der Waals surface area contributed by atoms with E-state index in [1.54, 1.807) is 30.3 Å². The molecule has 0 spiro atoms. The maximum absolute atomic E-state index is 13.8. The van der Waals surface area contributed by atoms with E-state index in [4.69, 9.17) is 4.74 Å². The molecule has 1 aliphatic rings. The summed E-state index contributed by atoms with van der Waals surface area (Å²) in [5.41, 5.74) is 1.90. The van der Waals surface area contributed by atoms with Crippen molar-refractivity contribution in [1.82, 2.24) is 10.2 Å². The first-order valence-corrected chi connectivity index (χ1v) is 12.9. The van der Waals surface area contributed by atoms with Crippen molar-refractivity contribution in [1.29, 1.82) is 5.26 Å². The smallest absolute Gasteiger partial charge is 0.329 e. The minimum atomic E-state index is -0.750. The largest absolute Gasteiger partial charge is 0.487 e. The minimum absolute atomic E-state index is 0.00640. The van der Waals surface area contributed by atoms with Gasteiger partial charge in [0.15, 0.2) is 0 Å². The number of para-hydroxylation sites is 1. The Morgan fingerprint density at radius 3 is 2.49 bits per heavy atom. The van der Waals surface area contributed by atoms with Crippen molar-refractivity contribution in [3.05, 3.63) is 96.0 Å². The molecule has 0 atom stereocenters. The first-order chi connectivity index (χ1) is 17.8. The third kappa shape index (κ3) is 6.25. The molecule has 186 valence electrons. The number of benzene rings is 3. The number of rotatable bonds is 7. The number of urea groups is 1. The van der Waals surface area contributed by atoms with Gasteiger partial charge in [0.1, 0.15) is 30.4 Å². The van der Waals surface area contributed by atoms with E-state index in [1.165, 1.54) is 24.3 Å². The van der Waals surface area contributed by atoms with Crippen molar-refractivity contribution in [2.75, 3.05) is 11.9 Å². The number of ether oxygens (including phenoxy) is 1. The molecule has 4 amide bonds. The van der Waals surface area contributed by atoms with Gasteiger partial charge in [-0.15, -0.1) is 0 Å². The van der Waals surface area contributed by atoms with Crippen LogP contribution in [-0.4, -0.2) is 29.3 Å². The van der Waals surface area contributed by atoms with Crippen molar-refractivity contribution < 1.29 is 23.5 Å². The highest BCUT2D eigenvalue weighted by Crippen LogP contribution is 2.31. The van der Waals surface area contributed by atoms with E-state index < -0.39 is 30.2 Å². The Hall–Kier alpha value is -3.51. The molecule has 0 aliphatic carbocycles. The molecule has 1 fully saturated rings. The topological polar surface area (TPSA) is 112 Å². The normalized spacial score (nSPS) is 13.9. The summed E-state index contributed by atoms with van der Waals surface area (Å²) in [6.07, 6.45) is 1.51. The van der Waals surface area contributed by atoms with Crippen LogP contribution in [0.15, 0.2) is 66.4 Å². The van der Waals surface area contributed by atoms with Crippen molar-refractivity contribution in [3.63, 3.8) is 0 Å². The number of hydrogen-bond donors (Lipinski definition) is 2. The van der Waals surface area contributed by atoms with Crippen molar-refractivity contribution >= 4 is 74.8 Å². The molecule has 11 heteroatoms. The third-order valence-corrected chi connectivity index (χ3v) is 6.86. The molecule has 2 N–H and O–H groups in total. The monoisotopic (exact) mass is 722 g/mol. The number of nitrogens with one attached hydrogen (secondary N) is 2. The molecule has 1 aliphatic heterocycles. The predicted molar refractivity (Wildman–Crippen MR) is 151 cm³/mol. The third-order valence-electron chi connectivity index (χ3n) is 5.25. The summed E-state index contributed by atoms with van der Waals surface area (Å²) in [5, 5.41) is 14.1. The zero-order valence-corrected chi connectivity index (χ0v) is 23.2. The number of amides is 4. The van der Waals surface area contributed by atoms with Crippen LogP contribution in [-0.2, 0) is 16.2 Å².